The minimum Gasteiger partial charge on any atom is -0.0620 e. The summed E-state index contributed by atoms with van der Waals surface area (Å²) < 4.78 is 0.936. The first-order chi connectivity index (χ1) is 14.7. The SMILES string of the molecule is O[n+]1ccc(Cl)cc1.[Cl][Pt][Cl].c1ccc([PH+](c2ccccc2)C2CCCCC2)cc1. The van der Waals surface area contributed by atoms with Crippen molar-refractivity contribution in [1.82, 2.24) is 0 Å². The van der Waals surface area contributed by atoms with Crippen LogP contribution in [0.1, 0.15) is 32.1 Å². The van der Waals surface area contributed by atoms with Crippen LogP contribution in [0.3, 0.4) is 0 Å². The number of hydrogen-bond donors (Lipinski definition) is 1. The fourth-order valence-electron chi connectivity index (χ4n) is 3.67. The van der Waals surface area contributed by atoms with Crippen LogP contribution in [0.4, 0.5) is 0 Å². The largest absolute Gasteiger partial charge is 0.0969 e. The fourth-order valence-corrected chi connectivity index (χ4v) is 7.14. The van der Waals surface area contributed by atoms with Gasteiger partial charge in [0.1, 0.15) is 0 Å². The molecule has 30 heavy (non-hydrogen) atoms. The molecule has 0 radical (unpaired) electrons. The standard InChI is InChI=1S/C18H21P.C5H5ClNO.2ClH.Pt/c1-4-10-16(11-5-1)19(17-12-6-2-7-13-17)18-14-8-3-9-15-18;6-5-1-3-7(8)4-2-5;;;/h1-2,4-7,10-13,18H,3,8-9,14-15H2;1-4,8H;2*1H;/q;+1;;;+2/p-1. The normalized spacial score (nSPS) is 13.7. The Morgan fingerprint density at radius 2 is 1.20 bits per heavy atom. The first-order valence-electron chi connectivity index (χ1n) is 9.81. The van der Waals surface area contributed by atoms with E-state index in [0.29, 0.717) is 5.02 Å². The van der Waals surface area contributed by atoms with Gasteiger partial charge in [-0.25, -0.2) is 0 Å². The summed E-state index contributed by atoms with van der Waals surface area (Å²) in [7, 11) is 9.15. The van der Waals surface area contributed by atoms with Crippen molar-refractivity contribution in [1.29, 1.82) is 0 Å². The van der Waals surface area contributed by atoms with Crippen LogP contribution in [0, 0.1) is 0 Å². The van der Waals surface area contributed by atoms with E-state index in [-0.39, 0.29) is 0 Å². The molecular weight excluding hydrogens is 639 g/mol. The molecule has 1 saturated carbocycles. The summed E-state index contributed by atoms with van der Waals surface area (Å²) in [5, 5.41) is 12.4. The molecule has 0 saturated heterocycles. The molecule has 2 nitrogen and oxygen atoms in total. The van der Waals surface area contributed by atoms with Gasteiger partial charge in [-0.15, -0.1) is 0 Å². The van der Waals surface area contributed by atoms with Crippen LogP contribution in [-0.4, -0.2) is 10.9 Å². The minimum absolute atomic E-state index is 0.472. The van der Waals surface area contributed by atoms with Crippen molar-refractivity contribution >= 4 is 49.0 Å². The first-order valence-corrected chi connectivity index (χ1v) is 17.4. The van der Waals surface area contributed by atoms with Gasteiger partial charge in [0.15, 0.2) is 0 Å². The topological polar surface area (TPSA) is 24.1 Å². The Morgan fingerprint density at radius 1 is 0.767 bits per heavy atom. The van der Waals surface area contributed by atoms with Crippen molar-refractivity contribution in [2.75, 3.05) is 0 Å². The van der Waals surface area contributed by atoms with Crippen LogP contribution in [0.5, 0.6) is 0 Å². The molecule has 164 valence electrons. The first kappa shape index (κ1) is 25.6. The van der Waals surface area contributed by atoms with E-state index < -0.39 is 24.4 Å². The van der Waals surface area contributed by atoms with Gasteiger partial charge < -0.3 is 0 Å². The smallest absolute Gasteiger partial charge is 0.0620 e. The van der Waals surface area contributed by atoms with Crippen LogP contribution in [0.2, 0.25) is 5.02 Å². The Bertz CT molecular complexity index is 758. The molecule has 1 N–H and O–H groups in total. The van der Waals surface area contributed by atoms with Crippen LogP contribution in [0.25, 0.3) is 0 Å². The monoisotopic (exact) mass is 664 g/mol. The molecule has 1 aliphatic rings. The molecule has 0 spiro atoms. The van der Waals surface area contributed by atoms with Crippen molar-refractivity contribution in [3.63, 3.8) is 0 Å². The maximum absolute atomic E-state index is 8.61. The summed E-state index contributed by atoms with van der Waals surface area (Å²) in [5.74, 6) is 0. The van der Waals surface area contributed by atoms with Crippen molar-refractivity contribution < 1.29 is 26.4 Å². The van der Waals surface area contributed by atoms with Crippen LogP contribution >= 0.6 is 38.4 Å². The molecule has 1 aliphatic carbocycles. The van der Waals surface area contributed by atoms with Gasteiger partial charge in [-0.05, 0) is 49.9 Å². The predicted octanol–water partition coefficient (Wildman–Crippen LogP) is 6.43. The van der Waals surface area contributed by atoms with E-state index in [9.17, 15) is 0 Å². The summed E-state index contributed by atoms with van der Waals surface area (Å²) in [6, 6.07) is 25.6. The molecule has 4 rings (SSSR count). The fraction of sp³-hybridized carbons (Fsp3) is 0.261. The van der Waals surface area contributed by atoms with Crippen LogP contribution in [-0.2, 0) is 16.5 Å². The van der Waals surface area contributed by atoms with Crippen molar-refractivity contribution in [2.24, 2.45) is 0 Å². The zero-order chi connectivity index (χ0) is 21.6. The number of benzene rings is 2. The average molecular weight is 666 g/mol. The van der Waals surface area contributed by atoms with Gasteiger partial charge in [0.2, 0.25) is 12.4 Å². The third-order valence-electron chi connectivity index (χ3n) is 4.96. The maximum atomic E-state index is 8.61. The molecule has 2 aromatic carbocycles. The summed E-state index contributed by atoms with van der Waals surface area (Å²) in [6.07, 6.45) is 10.1. The number of hydrogen-bond acceptors (Lipinski definition) is 1. The molecule has 1 fully saturated rings. The molecule has 0 amide bonds. The Kier molecular flexibility index (Phi) is 13.0. The van der Waals surface area contributed by atoms with E-state index in [4.69, 9.17) is 35.6 Å². The Hall–Kier alpha value is -0.622. The van der Waals surface area contributed by atoms with E-state index in [1.165, 1.54) is 44.5 Å². The van der Waals surface area contributed by atoms with Gasteiger partial charge in [-0.3, -0.25) is 5.21 Å². The average Bonchev–Trinajstić information content (AvgIpc) is 2.79. The van der Waals surface area contributed by atoms with Gasteiger partial charge in [0.05, 0.1) is 29.2 Å². The van der Waals surface area contributed by atoms with Gasteiger partial charge in [0.25, 0.3) is 0 Å². The van der Waals surface area contributed by atoms with E-state index in [2.05, 4.69) is 60.7 Å². The number of aromatic nitrogens is 1. The van der Waals surface area contributed by atoms with Crippen molar-refractivity contribution in [3.05, 3.63) is 90.2 Å². The van der Waals surface area contributed by atoms with E-state index in [1.807, 2.05) is 0 Å². The number of rotatable bonds is 3. The van der Waals surface area contributed by atoms with Gasteiger partial charge >= 0.3 is 35.3 Å². The molecular formula is C23H27Cl3NOPPt+2. The van der Waals surface area contributed by atoms with E-state index >= 15 is 0 Å². The molecule has 1 aromatic heterocycles. The quantitative estimate of drug-likeness (QED) is 0.195. The van der Waals surface area contributed by atoms with Gasteiger partial charge in [-0.1, -0.05) is 54.4 Å². The zero-order valence-electron chi connectivity index (χ0n) is 16.5. The molecule has 1 heterocycles. The van der Waals surface area contributed by atoms with Crippen LogP contribution < -0.4 is 15.3 Å². The minimum atomic E-state index is -0.600. The molecule has 0 aliphatic heterocycles. The Labute approximate surface area is 202 Å². The second-order valence-corrected chi connectivity index (χ2v) is 13.4. The molecule has 3 aromatic rings. The predicted molar refractivity (Wildman–Crippen MR) is 128 cm³/mol. The van der Waals surface area contributed by atoms with E-state index in [1.54, 1.807) is 22.7 Å². The van der Waals surface area contributed by atoms with E-state index in [0.717, 1.165) is 10.4 Å². The second kappa shape index (κ2) is 15.2. The van der Waals surface area contributed by atoms with Crippen LogP contribution in [0.15, 0.2) is 85.2 Å². The molecule has 0 atom stereocenters. The number of nitrogens with zero attached hydrogens (tertiary/aromatic N) is 1. The molecule has 0 bridgehead atoms. The third kappa shape index (κ3) is 9.25. The second-order valence-electron chi connectivity index (χ2n) is 6.92. The molecule has 7 heteroatoms. The molecule has 0 unspecified atom stereocenters. The zero-order valence-corrected chi connectivity index (χ0v) is 22.1. The number of pyridine rings is 1. The van der Waals surface area contributed by atoms with Crippen molar-refractivity contribution in [3.8, 4) is 0 Å². The van der Waals surface area contributed by atoms with Gasteiger partial charge in [-0.2, -0.15) is 0 Å². The number of halogens is 3. The summed E-state index contributed by atoms with van der Waals surface area (Å²) in [5.41, 5.74) is 0.920. The summed E-state index contributed by atoms with van der Waals surface area (Å²) in [6.45, 7) is 0. The Morgan fingerprint density at radius 3 is 1.60 bits per heavy atom. The summed E-state index contributed by atoms with van der Waals surface area (Å²) in [4.78, 5) is 0. The van der Waals surface area contributed by atoms with Gasteiger partial charge in [0, 0.05) is 16.9 Å². The maximum Gasteiger partial charge on any atom is 0.0969 e. The third-order valence-corrected chi connectivity index (χ3v) is 8.51. The Balaban J connectivity index is 0.000000243. The van der Waals surface area contributed by atoms with Crippen molar-refractivity contribution in [2.45, 2.75) is 37.8 Å². The summed E-state index contributed by atoms with van der Waals surface area (Å²) >= 11 is 5.01.